The van der Waals surface area contributed by atoms with E-state index < -0.39 is 0 Å². The van der Waals surface area contributed by atoms with Gasteiger partial charge in [0.2, 0.25) is 5.91 Å². The lowest BCUT2D eigenvalue weighted by atomic mass is 9.94. The van der Waals surface area contributed by atoms with Crippen LogP contribution in [0.2, 0.25) is 0 Å². The average Bonchev–Trinajstić information content (AvgIpc) is 3.38. The van der Waals surface area contributed by atoms with Gasteiger partial charge in [-0.1, -0.05) is 36.4 Å². The van der Waals surface area contributed by atoms with Crippen molar-refractivity contribution in [3.05, 3.63) is 84.8 Å². The lowest BCUT2D eigenvalue weighted by Gasteiger charge is -2.31. The molecule has 1 aliphatic heterocycles. The normalized spacial score (nSPS) is 14.4. The molecule has 0 saturated carbocycles. The molecule has 1 N–H and O–H groups in total. The molecule has 7 heteroatoms. The Balaban J connectivity index is 1.25. The zero-order valence-electron chi connectivity index (χ0n) is 17.5. The molecule has 0 radical (unpaired) electrons. The largest absolute Gasteiger partial charge is 0.339 e. The molecular weight excluding hydrogens is 402 g/mol. The number of likely N-dealkylation sites (tertiary alicyclic amines) is 1. The highest BCUT2D eigenvalue weighted by molar-refractivity contribution is 6.07. The van der Waals surface area contributed by atoms with Gasteiger partial charge in [-0.3, -0.25) is 9.59 Å². The van der Waals surface area contributed by atoms with Crippen LogP contribution < -0.4 is 5.32 Å². The van der Waals surface area contributed by atoms with Crippen LogP contribution in [-0.4, -0.2) is 44.6 Å². The van der Waals surface area contributed by atoms with Crippen LogP contribution in [0.5, 0.6) is 0 Å². The highest BCUT2D eigenvalue weighted by Crippen LogP contribution is 2.25. The van der Waals surface area contributed by atoms with Gasteiger partial charge in [-0.25, -0.2) is 9.67 Å². The Bertz CT molecular complexity index is 1260. The summed E-state index contributed by atoms with van der Waals surface area (Å²) in [6.45, 7) is 1.11. The fourth-order valence-electron chi connectivity index (χ4n) is 4.23. The first-order chi connectivity index (χ1) is 15.7. The second-order valence-electron chi connectivity index (χ2n) is 7.91. The van der Waals surface area contributed by atoms with Crippen molar-refractivity contribution < 1.29 is 9.59 Å². The van der Waals surface area contributed by atoms with Crippen LogP contribution in [0.1, 0.15) is 23.2 Å². The van der Waals surface area contributed by atoms with E-state index in [1.54, 1.807) is 29.3 Å². The number of carbonyl (C=O) groups excluding carboxylic acids is 2. The van der Waals surface area contributed by atoms with Crippen molar-refractivity contribution in [2.45, 2.75) is 12.8 Å². The fraction of sp³-hybridized carbons (Fsp3) is 0.200. The molecule has 0 aliphatic carbocycles. The van der Waals surface area contributed by atoms with Crippen molar-refractivity contribution in [1.29, 1.82) is 0 Å². The number of amides is 2. The second-order valence-corrected chi connectivity index (χ2v) is 7.91. The molecule has 1 fully saturated rings. The molecule has 2 aromatic carbocycles. The first-order valence-electron chi connectivity index (χ1n) is 10.7. The minimum absolute atomic E-state index is 0.0221. The van der Waals surface area contributed by atoms with Crippen molar-refractivity contribution in [2.75, 3.05) is 18.4 Å². The van der Waals surface area contributed by atoms with Crippen LogP contribution in [-0.2, 0) is 4.79 Å². The highest BCUT2D eigenvalue weighted by atomic mass is 16.2. The third kappa shape index (κ3) is 3.85. The maximum absolute atomic E-state index is 13.2. The molecule has 0 unspecified atom stereocenters. The topological polar surface area (TPSA) is 80.1 Å². The summed E-state index contributed by atoms with van der Waals surface area (Å²) >= 11 is 0. The Morgan fingerprint density at radius 3 is 2.53 bits per heavy atom. The Hall–Kier alpha value is -4.00. The number of hydrogen-bond acceptors (Lipinski definition) is 4. The monoisotopic (exact) mass is 425 g/mol. The zero-order valence-corrected chi connectivity index (χ0v) is 17.5. The number of nitrogens with one attached hydrogen (secondary N) is 1. The minimum atomic E-state index is -0.155. The molecule has 7 nitrogen and oxygen atoms in total. The maximum Gasteiger partial charge on any atom is 0.254 e. The van der Waals surface area contributed by atoms with Gasteiger partial charge in [0.05, 0.1) is 5.69 Å². The number of fused-ring (bicyclic) bond motifs is 1. The van der Waals surface area contributed by atoms with Gasteiger partial charge in [0, 0.05) is 43.2 Å². The molecule has 0 spiro atoms. The van der Waals surface area contributed by atoms with Crippen LogP contribution in [0.4, 0.5) is 5.69 Å². The molecule has 4 aromatic rings. The molecule has 0 atom stereocenters. The number of hydrogen-bond donors (Lipinski definition) is 1. The van der Waals surface area contributed by atoms with E-state index in [0.29, 0.717) is 43.0 Å². The predicted molar refractivity (Wildman–Crippen MR) is 123 cm³/mol. The Morgan fingerprint density at radius 2 is 1.72 bits per heavy atom. The number of rotatable bonds is 4. The summed E-state index contributed by atoms with van der Waals surface area (Å²) in [7, 11) is 0. The van der Waals surface area contributed by atoms with E-state index >= 15 is 0 Å². The van der Waals surface area contributed by atoms with Crippen molar-refractivity contribution in [3.63, 3.8) is 0 Å². The van der Waals surface area contributed by atoms with Gasteiger partial charge in [-0.05, 0) is 47.9 Å². The zero-order chi connectivity index (χ0) is 21.9. The maximum atomic E-state index is 13.2. The number of piperidine rings is 1. The average molecular weight is 425 g/mol. The van der Waals surface area contributed by atoms with E-state index in [1.807, 2.05) is 59.5 Å². The van der Waals surface area contributed by atoms with Gasteiger partial charge in [-0.2, -0.15) is 5.10 Å². The molecule has 32 heavy (non-hydrogen) atoms. The first kappa shape index (κ1) is 19.9. The van der Waals surface area contributed by atoms with Crippen LogP contribution in [0.3, 0.4) is 0 Å². The predicted octanol–water partition coefficient (Wildman–Crippen LogP) is 3.91. The van der Waals surface area contributed by atoms with Gasteiger partial charge in [0.25, 0.3) is 5.91 Å². The van der Waals surface area contributed by atoms with Gasteiger partial charge in [-0.15, -0.1) is 0 Å². The standard InChI is InChI=1S/C25H23N5O2/c31-24(28-22-10-4-13-26-23(22)30-15-5-14-27-30)19-11-16-29(17-12-19)25(32)21-9-3-7-18-6-1-2-8-20(18)21/h1-10,13-15,19H,11-12,16-17H2,(H,28,31). The summed E-state index contributed by atoms with van der Waals surface area (Å²) in [5.74, 6) is 0.393. The van der Waals surface area contributed by atoms with Crippen LogP contribution in [0, 0.1) is 5.92 Å². The number of nitrogens with zero attached hydrogens (tertiary/aromatic N) is 4. The number of aromatic nitrogens is 3. The smallest absolute Gasteiger partial charge is 0.254 e. The lowest BCUT2D eigenvalue weighted by molar-refractivity contribution is -0.121. The van der Waals surface area contributed by atoms with Gasteiger partial charge in [0.15, 0.2) is 5.82 Å². The van der Waals surface area contributed by atoms with E-state index in [2.05, 4.69) is 15.4 Å². The molecule has 5 rings (SSSR count). The molecule has 160 valence electrons. The number of anilines is 1. The minimum Gasteiger partial charge on any atom is -0.339 e. The Kier molecular flexibility index (Phi) is 5.37. The van der Waals surface area contributed by atoms with E-state index in [9.17, 15) is 9.59 Å². The van der Waals surface area contributed by atoms with E-state index in [0.717, 1.165) is 10.8 Å². The summed E-state index contributed by atoms with van der Waals surface area (Å²) in [4.78, 5) is 32.3. The molecule has 2 aromatic heterocycles. The highest BCUT2D eigenvalue weighted by Gasteiger charge is 2.29. The quantitative estimate of drug-likeness (QED) is 0.538. The van der Waals surface area contributed by atoms with E-state index in [1.165, 1.54) is 0 Å². The fourth-order valence-corrected chi connectivity index (χ4v) is 4.23. The van der Waals surface area contributed by atoms with Crippen molar-refractivity contribution in [1.82, 2.24) is 19.7 Å². The molecule has 2 amide bonds. The third-order valence-electron chi connectivity index (χ3n) is 5.94. The summed E-state index contributed by atoms with van der Waals surface area (Å²) in [6, 6.07) is 19.1. The van der Waals surface area contributed by atoms with E-state index in [4.69, 9.17) is 0 Å². The van der Waals surface area contributed by atoms with Crippen molar-refractivity contribution >= 4 is 28.3 Å². The number of pyridine rings is 1. The van der Waals surface area contributed by atoms with Crippen LogP contribution >= 0.6 is 0 Å². The second kappa shape index (κ2) is 8.63. The third-order valence-corrected chi connectivity index (χ3v) is 5.94. The Labute approximate surface area is 185 Å². The van der Waals surface area contributed by atoms with E-state index in [-0.39, 0.29) is 17.7 Å². The van der Waals surface area contributed by atoms with Crippen molar-refractivity contribution in [2.24, 2.45) is 5.92 Å². The molecule has 1 saturated heterocycles. The SMILES string of the molecule is O=C(Nc1cccnc1-n1cccn1)C1CCN(C(=O)c2cccc3ccccc23)CC1. The van der Waals surface area contributed by atoms with Crippen LogP contribution in [0.25, 0.3) is 16.6 Å². The van der Waals surface area contributed by atoms with Gasteiger partial charge in [0.1, 0.15) is 0 Å². The van der Waals surface area contributed by atoms with Crippen LogP contribution in [0.15, 0.2) is 79.3 Å². The Morgan fingerprint density at radius 1 is 0.906 bits per heavy atom. The summed E-state index contributed by atoms with van der Waals surface area (Å²) in [5, 5.41) is 9.22. The summed E-state index contributed by atoms with van der Waals surface area (Å²) < 4.78 is 1.63. The van der Waals surface area contributed by atoms with Crippen molar-refractivity contribution in [3.8, 4) is 5.82 Å². The molecular formula is C25H23N5O2. The van der Waals surface area contributed by atoms with Gasteiger partial charge < -0.3 is 10.2 Å². The molecule has 1 aliphatic rings. The van der Waals surface area contributed by atoms with Gasteiger partial charge >= 0.3 is 0 Å². The lowest BCUT2D eigenvalue weighted by Crippen LogP contribution is -2.41. The number of benzene rings is 2. The summed E-state index contributed by atoms with van der Waals surface area (Å²) in [5.41, 5.74) is 1.33. The summed E-state index contributed by atoms with van der Waals surface area (Å²) in [6.07, 6.45) is 6.38. The number of carbonyl (C=O) groups is 2. The first-order valence-corrected chi connectivity index (χ1v) is 10.7. The molecule has 3 heterocycles. The molecule has 0 bridgehead atoms.